The van der Waals surface area contributed by atoms with Crippen LogP contribution >= 0.6 is 0 Å². The van der Waals surface area contributed by atoms with Crippen molar-refractivity contribution in [2.24, 2.45) is 11.8 Å². The number of amides is 3. The van der Waals surface area contributed by atoms with E-state index in [2.05, 4.69) is 28.5 Å². The van der Waals surface area contributed by atoms with Gasteiger partial charge in [0.1, 0.15) is 5.75 Å². The summed E-state index contributed by atoms with van der Waals surface area (Å²) in [5.41, 5.74) is 4.18. The molecule has 3 aliphatic heterocycles. The molecule has 2 N–H and O–H groups in total. The van der Waals surface area contributed by atoms with Crippen molar-refractivity contribution in [2.45, 2.75) is 63.5 Å². The number of nitrogens with one attached hydrogen (secondary N) is 2. The number of hydrogen-bond acceptors (Lipinski definition) is 6. The standard InChI is InChI=1S/C41H48N4O6/c1-49-30-13-14-34-32(25-30)31-17-21-45-39(47)29(24-37(46)42-26-28-12-15-35(50-2)36(22-28)51-3)23-33(40(48)44-19-8-5-9-20-44)41(45,38(31)43-34)18-16-27-10-6-4-7-11-27/h4,6-7,10-15,22,25,29,33,43H,5,8-9,16-21,23-24,26H2,1-3H3,(H,42,46)/t29?,33-,41+/m1/s1. The van der Waals surface area contributed by atoms with Gasteiger partial charge in [-0.3, -0.25) is 14.4 Å². The average Bonchev–Trinajstić information content (AvgIpc) is 3.56. The van der Waals surface area contributed by atoms with Gasteiger partial charge < -0.3 is 34.3 Å². The summed E-state index contributed by atoms with van der Waals surface area (Å²) in [5.74, 6) is 0.620. The van der Waals surface area contributed by atoms with Crippen LogP contribution in [-0.4, -0.2) is 73.5 Å². The molecule has 0 spiro atoms. The number of hydrogen-bond donors (Lipinski definition) is 2. The van der Waals surface area contributed by atoms with Gasteiger partial charge in [-0.25, -0.2) is 0 Å². The molecule has 7 rings (SSSR count). The number of ether oxygens (including phenoxy) is 3. The number of benzene rings is 3. The predicted octanol–water partition coefficient (Wildman–Crippen LogP) is 5.76. The van der Waals surface area contributed by atoms with Gasteiger partial charge in [-0.1, -0.05) is 36.4 Å². The molecule has 0 saturated carbocycles. The number of fused-ring (bicyclic) bond motifs is 5. The highest BCUT2D eigenvalue weighted by molar-refractivity contribution is 5.93. The number of nitrogens with zero attached hydrogens (tertiary/aromatic N) is 2. The Balaban J connectivity index is 1.25. The van der Waals surface area contributed by atoms with Crippen LogP contribution in [0, 0.1) is 11.8 Å². The van der Waals surface area contributed by atoms with Crippen molar-refractivity contribution in [1.29, 1.82) is 0 Å². The summed E-state index contributed by atoms with van der Waals surface area (Å²) in [6.45, 7) is 2.18. The molecular weight excluding hydrogens is 644 g/mol. The van der Waals surface area contributed by atoms with E-state index in [1.165, 1.54) is 0 Å². The molecule has 3 aliphatic rings. The summed E-state index contributed by atoms with van der Waals surface area (Å²) in [7, 11) is 4.83. The van der Waals surface area contributed by atoms with E-state index < -0.39 is 17.4 Å². The molecule has 0 aliphatic carbocycles. The van der Waals surface area contributed by atoms with E-state index in [1.54, 1.807) is 21.3 Å². The predicted molar refractivity (Wildman–Crippen MR) is 195 cm³/mol. The van der Waals surface area contributed by atoms with Gasteiger partial charge in [0.15, 0.2) is 11.5 Å². The van der Waals surface area contributed by atoms with Crippen molar-refractivity contribution in [3.05, 3.63) is 89.1 Å². The minimum absolute atomic E-state index is 0.0118. The van der Waals surface area contributed by atoms with Gasteiger partial charge in [-0.05, 0) is 92.0 Å². The van der Waals surface area contributed by atoms with Crippen LogP contribution in [0.4, 0.5) is 0 Å². The van der Waals surface area contributed by atoms with Gasteiger partial charge >= 0.3 is 0 Å². The molecule has 0 radical (unpaired) electrons. The van der Waals surface area contributed by atoms with Gasteiger partial charge in [-0.2, -0.15) is 0 Å². The molecule has 3 atom stereocenters. The topological polar surface area (TPSA) is 113 Å². The van der Waals surface area contributed by atoms with E-state index in [0.29, 0.717) is 56.8 Å². The van der Waals surface area contributed by atoms with Crippen molar-refractivity contribution >= 4 is 28.6 Å². The maximum absolute atomic E-state index is 14.9. The number of carbonyl (C=O) groups is 3. The van der Waals surface area contributed by atoms with Gasteiger partial charge in [0, 0.05) is 55.1 Å². The molecule has 4 aromatic rings. The molecule has 2 saturated heterocycles. The number of H-pyrrole nitrogens is 1. The van der Waals surface area contributed by atoms with E-state index >= 15 is 0 Å². The van der Waals surface area contributed by atoms with Crippen molar-refractivity contribution in [3.8, 4) is 17.2 Å². The second-order valence-corrected chi connectivity index (χ2v) is 14.1. The van der Waals surface area contributed by atoms with Crippen LogP contribution in [0.15, 0.2) is 66.7 Å². The third-order valence-electron chi connectivity index (χ3n) is 11.3. The molecule has 1 unspecified atom stereocenters. The summed E-state index contributed by atoms with van der Waals surface area (Å²) in [6, 6.07) is 21.8. The summed E-state index contributed by atoms with van der Waals surface area (Å²) in [5, 5.41) is 4.08. The minimum Gasteiger partial charge on any atom is -0.497 e. The van der Waals surface area contributed by atoms with Crippen LogP contribution in [0.1, 0.15) is 60.9 Å². The van der Waals surface area contributed by atoms with Gasteiger partial charge in [0.05, 0.1) is 32.8 Å². The third kappa shape index (κ3) is 6.52. The highest BCUT2D eigenvalue weighted by Crippen LogP contribution is 2.53. The lowest BCUT2D eigenvalue weighted by atomic mass is 9.64. The summed E-state index contributed by atoms with van der Waals surface area (Å²) in [4.78, 5) is 51.0. The summed E-state index contributed by atoms with van der Waals surface area (Å²) < 4.78 is 16.4. The summed E-state index contributed by atoms with van der Waals surface area (Å²) >= 11 is 0. The van der Waals surface area contributed by atoms with E-state index in [0.717, 1.165) is 58.3 Å². The lowest BCUT2D eigenvalue weighted by Crippen LogP contribution is -2.66. The highest BCUT2D eigenvalue weighted by atomic mass is 16.5. The smallest absolute Gasteiger partial charge is 0.228 e. The molecule has 268 valence electrons. The number of piperidine rings is 2. The van der Waals surface area contributed by atoms with Gasteiger partial charge in [-0.15, -0.1) is 0 Å². The first-order valence-electron chi connectivity index (χ1n) is 18.2. The number of likely N-dealkylation sites (tertiary alicyclic amines) is 1. The number of rotatable bonds is 11. The first-order chi connectivity index (χ1) is 24.9. The molecule has 3 aromatic carbocycles. The number of methoxy groups -OCH3 is 3. The normalized spacial score (nSPS) is 21.5. The molecule has 1 aromatic heterocycles. The fraction of sp³-hybridized carbons (Fsp3) is 0.439. The second-order valence-electron chi connectivity index (χ2n) is 14.1. The number of aromatic amines is 1. The average molecular weight is 693 g/mol. The van der Waals surface area contributed by atoms with Gasteiger partial charge in [0.2, 0.25) is 17.7 Å². The molecule has 4 heterocycles. The molecule has 51 heavy (non-hydrogen) atoms. The Morgan fingerprint density at radius 3 is 2.41 bits per heavy atom. The van der Waals surface area contributed by atoms with E-state index in [9.17, 15) is 14.4 Å². The molecule has 2 fully saturated rings. The van der Waals surface area contributed by atoms with Crippen molar-refractivity contribution < 1.29 is 28.6 Å². The van der Waals surface area contributed by atoms with Gasteiger partial charge in [0.25, 0.3) is 0 Å². The van der Waals surface area contributed by atoms with Crippen LogP contribution in [0.25, 0.3) is 10.9 Å². The Hall–Kier alpha value is -4.99. The lowest BCUT2D eigenvalue weighted by Gasteiger charge is -2.56. The Labute approximate surface area is 299 Å². The van der Waals surface area contributed by atoms with Crippen LogP contribution in [0.2, 0.25) is 0 Å². The zero-order valence-electron chi connectivity index (χ0n) is 29.8. The quantitative estimate of drug-likeness (QED) is 0.207. The molecular formula is C41H48N4O6. The SMILES string of the molecule is COc1ccc2[nH]c3c(c2c1)CCN1C(=O)C(CC(=O)NCc2ccc(OC)c(OC)c2)C[C@H](C(=O)N2CCCCC2)[C@@]31CCc1ccccc1. The Morgan fingerprint density at radius 2 is 1.67 bits per heavy atom. The van der Waals surface area contributed by atoms with E-state index in [4.69, 9.17) is 14.2 Å². The Kier molecular flexibility index (Phi) is 9.93. The fourth-order valence-corrected chi connectivity index (χ4v) is 8.72. The van der Waals surface area contributed by atoms with Crippen molar-refractivity contribution in [3.63, 3.8) is 0 Å². The monoisotopic (exact) mass is 692 g/mol. The Bertz CT molecular complexity index is 1900. The maximum Gasteiger partial charge on any atom is 0.228 e. The summed E-state index contributed by atoms with van der Waals surface area (Å²) in [6.07, 6.45) is 5.29. The lowest BCUT2D eigenvalue weighted by molar-refractivity contribution is -0.167. The van der Waals surface area contributed by atoms with Crippen molar-refractivity contribution in [2.75, 3.05) is 41.0 Å². The molecule has 0 bridgehead atoms. The molecule has 3 amide bonds. The van der Waals surface area contributed by atoms with Crippen LogP contribution < -0.4 is 19.5 Å². The van der Waals surface area contributed by atoms with Crippen LogP contribution in [0.5, 0.6) is 17.2 Å². The van der Waals surface area contributed by atoms with Crippen LogP contribution in [-0.2, 0) is 39.3 Å². The number of aromatic nitrogens is 1. The molecule has 10 heteroatoms. The molecule has 10 nitrogen and oxygen atoms in total. The third-order valence-corrected chi connectivity index (χ3v) is 11.3. The Morgan fingerprint density at radius 1 is 0.882 bits per heavy atom. The first kappa shape index (κ1) is 34.5. The van der Waals surface area contributed by atoms with Crippen LogP contribution in [0.3, 0.4) is 0 Å². The highest BCUT2D eigenvalue weighted by Gasteiger charge is 2.59. The zero-order valence-corrected chi connectivity index (χ0v) is 29.8. The zero-order chi connectivity index (χ0) is 35.5. The first-order valence-corrected chi connectivity index (χ1v) is 18.2. The second kappa shape index (κ2) is 14.7. The largest absolute Gasteiger partial charge is 0.497 e. The minimum atomic E-state index is -0.895. The van der Waals surface area contributed by atoms with E-state index in [-0.39, 0.29) is 30.7 Å². The van der Waals surface area contributed by atoms with E-state index in [1.807, 2.05) is 58.3 Å². The maximum atomic E-state index is 14.9. The number of aryl methyl sites for hydroxylation is 1. The van der Waals surface area contributed by atoms with Crippen molar-refractivity contribution in [1.82, 2.24) is 20.1 Å². The number of carbonyl (C=O) groups excluding carboxylic acids is 3. The fourth-order valence-electron chi connectivity index (χ4n) is 8.72.